The number of anilines is 1. The molecule has 0 spiro atoms. The lowest BCUT2D eigenvalue weighted by Gasteiger charge is -2.33. The van der Waals surface area contributed by atoms with Gasteiger partial charge in [-0.3, -0.25) is 14.6 Å². The number of halogens is 7. The first-order valence-corrected chi connectivity index (χ1v) is 9.38. The minimum atomic E-state index is -4.87. The Bertz CT molecular complexity index is 1140. The van der Waals surface area contributed by atoms with Crippen molar-refractivity contribution in [3.63, 3.8) is 0 Å². The van der Waals surface area contributed by atoms with E-state index in [1.165, 1.54) is 0 Å². The molecule has 0 radical (unpaired) electrons. The van der Waals surface area contributed by atoms with Gasteiger partial charge in [0.15, 0.2) is 17.1 Å². The molecule has 0 aliphatic carbocycles. The zero-order chi connectivity index (χ0) is 26.6. The molecule has 0 bridgehead atoms. The van der Waals surface area contributed by atoms with Gasteiger partial charge < -0.3 is 20.9 Å². The number of nitrogens with two attached hydrogens (primary N) is 1. The van der Waals surface area contributed by atoms with Crippen molar-refractivity contribution in [2.24, 2.45) is 10.7 Å². The molecule has 2 aromatic rings. The molecule has 0 saturated carbocycles. The van der Waals surface area contributed by atoms with E-state index >= 15 is 0 Å². The molecule has 3 rings (SSSR count). The topological polar surface area (TPSA) is 127 Å². The fraction of sp³-hybridized carbons (Fsp3) is 0.300. The molecule has 1 atom stereocenters. The van der Waals surface area contributed by atoms with Gasteiger partial charge in [-0.1, -0.05) is 0 Å². The van der Waals surface area contributed by atoms with Crippen LogP contribution in [0.4, 0.5) is 36.4 Å². The van der Waals surface area contributed by atoms with Crippen molar-refractivity contribution in [2.75, 3.05) is 18.5 Å². The Morgan fingerprint density at radius 1 is 1.23 bits per heavy atom. The summed E-state index contributed by atoms with van der Waals surface area (Å²) in [4.78, 5) is 27.5. The summed E-state index contributed by atoms with van der Waals surface area (Å²) in [6, 6.07) is 2.68. The highest BCUT2D eigenvalue weighted by molar-refractivity contribution is 6.03. The van der Waals surface area contributed by atoms with E-state index < -0.39 is 65.2 Å². The predicted molar refractivity (Wildman–Crippen MR) is 107 cm³/mol. The molecule has 2 heterocycles. The van der Waals surface area contributed by atoms with Crippen LogP contribution in [0, 0.1) is 11.6 Å². The second kappa shape index (κ2) is 10.2. The maximum atomic E-state index is 14.7. The van der Waals surface area contributed by atoms with Gasteiger partial charge in [-0.05, 0) is 31.2 Å². The fourth-order valence-corrected chi connectivity index (χ4v) is 3.01. The third-order valence-electron chi connectivity index (χ3n) is 4.74. The summed E-state index contributed by atoms with van der Waals surface area (Å²) >= 11 is 0. The summed E-state index contributed by atoms with van der Waals surface area (Å²) in [6.45, 7) is -0.831. The number of amides is 1. The first-order chi connectivity index (χ1) is 16.2. The number of rotatable bonds is 3. The number of hydrogen-bond donors (Lipinski definition) is 3. The zero-order valence-electron chi connectivity index (χ0n) is 17.7. The minimum Gasteiger partial charge on any atom is -0.483 e. The second-order valence-corrected chi connectivity index (χ2v) is 7.18. The summed E-state index contributed by atoms with van der Waals surface area (Å²) in [6.07, 6.45) is -4.61. The molecule has 0 fully saturated rings. The Kier molecular flexibility index (Phi) is 8.05. The van der Waals surface area contributed by atoms with E-state index in [9.17, 15) is 35.5 Å². The standard InChI is InChI=1S/C19H15F7N4O2.CH2O2/c1-17(18(22,23)8-32-7-14(27)30-17)11-5-10(2-3-12(11)20)29-16(31)15-13(21)4-9(6-28-15)19(24,25)26;2-1-3/h2-6H,7-8H2,1H3,(H2,27,30)(H,29,31);1H,(H,2,3). The van der Waals surface area contributed by atoms with Crippen molar-refractivity contribution >= 4 is 23.9 Å². The van der Waals surface area contributed by atoms with Gasteiger partial charge in [-0.15, -0.1) is 0 Å². The van der Waals surface area contributed by atoms with Crippen molar-refractivity contribution in [1.82, 2.24) is 4.98 Å². The van der Waals surface area contributed by atoms with Gasteiger partial charge in [0.25, 0.3) is 18.3 Å². The number of carbonyl (C=O) groups is 2. The lowest BCUT2D eigenvalue weighted by Crippen LogP contribution is -2.45. The number of ether oxygens (including phenoxy) is 1. The van der Waals surface area contributed by atoms with Gasteiger partial charge in [0.2, 0.25) is 0 Å². The third-order valence-corrected chi connectivity index (χ3v) is 4.74. The largest absolute Gasteiger partial charge is 0.483 e. The number of pyridine rings is 1. The van der Waals surface area contributed by atoms with Crippen LogP contribution in [0.2, 0.25) is 0 Å². The average Bonchev–Trinajstić information content (AvgIpc) is 2.84. The van der Waals surface area contributed by atoms with Crippen LogP contribution in [0.25, 0.3) is 0 Å². The summed E-state index contributed by atoms with van der Waals surface area (Å²) in [7, 11) is 0. The fourth-order valence-electron chi connectivity index (χ4n) is 3.01. The Labute approximate surface area is 192 Å². The van der Waals surface area contributed by atoms with E-state index in [1.807, 2.05) is 0 Å². The number of carboxylic acid groups (broad SMARTS) is 1. The van der Waals surface area contributed by atoms with Gasteiger partial charge in [-0.25, -0.2) is 22.5 Å². The molecule has 1 unspecified atom stereocenters. The maximum absolute atomic E-state index is 14.7. The van der Waals surface area contributed by atoms with Crippen LogP contribution in [0.1, 0.15) is 28.5 Å². The molecular formula is C20H17F7N4O4. The Hall–Kier alpha value is -3.75. The van der Waals surface area contributed by atoms with E-state index in [0.717, 1.165) is 25.1 Å². The van der Waals surface area contributed by atoms with Crippen molar-refractivity contribution < 1.29 is 50.2 Å². The monoisotopic (exact) mass is 510 g/mol. The average molecular weight is 510 g/mol. The predicted octanol–water partition coefficient (Wildman–Crippen LogP) is 3.57. The van der Waals surface area contributed by atoms with E-state index in [2.05, 4.69) is 15.3 Å². The van der Waals surface area contributed by atoms with Gasteiger partial charge >= 0.3 is 6.18 Å². The summed E-state index contributed by atoms with van der Waals surface area (Å²) in [5.74, 6) is -7.94. The molecular weight excluding hydrogens is 493 g/mol. The number of nitrogens with zero attached hydrogens (tertiary/aromatic N) is 2. The van der Waals surface area contributed by atoms with Crippen molar-refractivity contribution in [2.45, 2.75) is 24.6 Å². The quantitative estimate of drug-likeness (QED) is 0.428. The highest BCUT2D eigenvalue weighted by atomic mass is 19.4. The highest BCUT2D eigenvalue weighted by Crippen LogP contribution is 2.44. The number of alkyl halides is 5. The maximum Gasteiger partial charge on any atom is 0.417 e. The molecule has 15 heteroatoms. The van der Waals surface area contributed by atoms with Gasteiger partial charge in [-0.2, -0.15) is 13.2 Å². The SMILES string of the molecule is CC1(c2cc(NC(=O)c3ncc(C(F)(F)F)cc3F)ccc2F)N=C(N)COCC1(F)F.O=CO. The molecule has 1 amide bonds. The van der Waals surface area contributed by atoms with E-state index in [-0.39, 0.29) is 30.3 Å². The molecule has 0 saturated heterocycles. The summed E-state index contributed by atoms with van der Waals surface area (Å²) < 4.78 is 101. The number of aromatic nitrogens is 1. The Balaban J connectivity index is 0.00000137. The van der Waals surface area contributed by atoms with Crippen LogP contribution in [0.15, 0.2) is 35.5 Å². The smallest absolute Gasteiger partial charge is 0.417 e. The molecule has 1 aromatic heterocycles. The Morgan fingerprint density at radius 3 is 2.43 bits per heavy atom. The first kappa shape index (κ1) is 27.5. The highest BCUT2D eigenvalue weighted by Gasteiger charge is 2.54. The molecule has 1 aliphatic heterocycles. The van der Waals surface area contributed by atoms with Crippen LogP contribution in [0.5, 0.6) is 0 Å². The number of benzene rings is 1. The first-order valence-electron chi connectivity index (χ1n) is 9.38. The van der Waals surface area contributed by atoms with E-state index in [0.29, 0.717) is 0 Å². The van der Waals surface area contributed by atoms with Crippen LogP contribution in [0.3, 0.4) is 0 Å². The molecule has 1 aliphatic rings. The van der Waals surface area contributed by atoms with E-state index in [4.69, 9.17) is 20.4 Å². The normalized spacial score (nSPS) is 19.5. The minimum absolute atomic E-state index is 0.0859. The number of hydrogen-bond acceptors (Lipinski definition) is 6. The van der Waals surface area contributed by atoms with Crippen molar-refractivity contribution in [3.05, 3.63) is 58.9 Å². The van der Waals surface area contributed by atoms with Crippen molar-refractivity contribution in [3.8, 4) is 0 Å². The molecule has 8 nitrogen and oxygen atoms in total. The van der Waals surface area contributed by atoms with Gasteiger partial charge in [0.05, 0.1) is 5.56 Å². The van der Waals surface area contributed by atoms with Gasteiger partial charge in [0.1, 0.15) is 24.9 Å². The Morgan fingerprint density at radius 2 is 1.86 bits per heavy atom. The molecule has 35 heavy (non-hydrogen) atoms. The van der Waals surface area contributed by atoms with Crippen LogP contribution < -0.4 is 11.1 Å². The zero-order valence-corrected chi connectivity index (χ0v) is 17.7. The lowest BCUT2D eigenvalue weighted by atomic mass is 9.85. The van der Waals surface area contributed by atoms with E-state index in [1.54, 1.807) is 0 Å². The summed E-state index contributed by atoms with van der Waals surface area (Å²) in [5, 5.41) is 8.98. The lowest BCUT2D eigenvalue weighted by molar-refractivity contribution is -0.138. The molecule has 190 valence electrons. The number of amidine groups is 1. The van der Waals surface area contributed by atoms with Crippen LogP contribution in [-0.4, -0.2) is 47.4 Å². The number of aliphatic imine (C=N–C) groups is 1. The van der Waals surface area contributed by atoms with Crippen LogP contribution >= 0.6 is 0 Å². The van der Waals surface area contributed by atoms with Crippen molar-refractivity contribution in [1.29, 1.82) is 0 Å². The molecule has 1 aromatic carbocycles. The number of carbonyl (C=O) groups excluding carboxylic acids is 1. The second-order valence-electron chi connectivity index (χ2n) is 7.18. The van der Waals surface area contributed by atoms with Gasteiger partial charge in [0, 0.05) is 17.4 Å². The van der Waals surface area contributed by atoms with Crippen LogP contribution in [-0.2, 0) is 21.2 Å². The number of nitrogens with one attached hydrogen (secondary N) is 1. The summed E-state index contributed by atoms with van der Waals surface area (Å²) in [5.41, 5.74) is -0.252. The molecule has 4 N–H and O–H groups in total. The third kappa shape index (κ3) is 6.03.